The van der Waals surface area contributed by atoms with Crippen molar-refractivity contribution in [2.75, 3.05) is 24.4 Å². The van der Waals surface area contributed by atoms with Gasteiger partial charge in [0.2, 0.25) is 5.91 Å². The summed E-state index contributed by atoms with van der Waals surface area (Å²) in [5.41, 5.74) is 1.06. The molecule has 3 aromatic rings. The monoisotopic (exact) mass is 519 g/mol. The first-order valence-corrected chi connectivity index (χ1v) is 13.7. The van der Waals surface area contributed by atoms with Crippen LogP contribution in [0.15, 0.2) is 83.8 Å². The van der Waals surface area contributed by atoms with Gasteiger partial charge in [-0.15, -0.1) is 0 Å². The third-order valence-electron chi connectivity index (χ3n) is 6.24. The van der Waals surface area contributed by atoms with Crippen molar-refractivity contribution in [1.29, 1.82) is 0 Å². The molecule has 0 atom stereocenters. The fraction of sp³-hybridized carbons (Fsp3) is 0.250. The van der Waals surface area contributed by atoms with Crippen molar-refractivity contribution in [3.05, 3.63) is 95.6 Å². The number of ketones is 1. The van der Waals surface area contributed by atoms with E-state index < -0.39 is 15.9 Å². The van der Waals surface area contributed by atoms with Crippen molar-refractivity contribution in [3.63, 3.8) is 0 Å². The van der Waals surface area contributed by atoms with Gasteiger partial charge in [0, 0.05) is 29.8 Å². The number of benzene rings is 3. The fourth-order valence-electron chi connectivity index (χ4n) is 4.19. The molecule has 0 saturated carbocycles. The number of nitrogens with zero attached hydrogens (tertiary/aromatic N) is 1. The van der Waals surface area contributed by atoms with Gasteiger partial charge in [0.1, 0.15) is 0 Å². The highest BCUT2D eigenvalue weighted by molar-refractivity contribution is 7.92. The minimum atomic E-state index is -4.03. The zero-order valence-electron chi connectivity index (χ0n) is 20.4. The maximum Gasteiger partial charge on any atom is 0.261 e. The van der Waals surface area contributed by atoms with Gasteiger partial charge in [-0.2, -0.15) is 0 Å². The number of carbonyl (C=O) groups excluding carboxylic acids is 3. The van der Waals surface area contributed by atoms with Crippen LogP contribution in [0.25, 0.3) is 0 Å². The van der Waals surface area contributed by atoms with Gasteiger partial charge in [0.05, 0.1) is 17.1 Å². The summed E-state index contributed by atoms with van der Waals surface area (Å²) in [6.45, 7) is 1.30. The van der Waals surface area contributed by atoms with Crippen LogP contribution in [0.3, 0.4) is 0 Å². The summed E-state index contributed by atoms with van der Waals surface area (Å²) in [6, 6.07) is 20.4. The van der Waals surface area contributed by atoms with E-state index in [9.17, 15) is 22.8 Å². The van der Waals surface area contributed by atoms with E-state index in [0.717, 1.165) is 25.7 Å². The lowest BCUT2D eigenvalue weighted by Crippen LogP contribution is -2.40. The first-order valence-electron chi connectivity index (χ1n) is 12.2. The Labute approximate surface area is 216 Å². The second kappa shape index (κ2) is 11.8. The molecule has 1 fully saturated rings. The first kappa shape index (κ1) is 26.1. The normalized spacial score (nSPS) is 13.9. The smallest absolute Gasteiger partial charge is 0.261 e. The largest absolute Gasteiger partial charge is 0.343 e. The Kier molecular flexibility index (Phi) is 8.35. The van der Waals surface area contributed by atoms with Gasteiger partial charge in [0.15, 0.2) is 5.78 Å². The Morgan fingerprint density at radius 2 is 1.35 bits per heavy atom. The maximum absolute atomic E-state index is 13.0. The quantitative estimate of drug-likeness (QED) is 0.439. The molecule has 8 nitrogen and oxygen atoms in total. The molecule has 2 amide bonds. The SMILES string of the molecule is O=C(NCC(=O)N1CCCCCC1)c1ccc(S(=O)(=O)Nc2ccccc2C(=O)c2ccccc2)cc1. The highest BCUT2D eigenvalue weighted by atomic mass is 32.2. The maximum atomic E-state index is 13.0. The molecule has 1 aliphatic rings. The third kappa shape index (κ3) is 6.62. The summed E-state index contributed by atoms with van der Waals surface area (Å²) in [7, 11) is -4.03. The zero-order valence-corrected chi connectivity index (χ0v) is 21.2. The van der Waals surface area contributed by atoms with Crippen LogP contribution >= 0.6 is 0 Å². The van der Waals surface area contributed by atoms with Gasteiger partial charge < -0.3 is 10.2 Å². The van der Waals surface area contributed by atoms with E-state index in [4.69, 9.17) is 0 Å². The molecule has 1 heterocycles. The summed E-state index contributed by atoms with van der Waals surface area (Å²) in [5, 5.41) is 2.62. The molecular weight excluding hydrogens is 490 g/mol. The zero-order chi connectivity index (χ0) is 26.3. The number of sulfonamides is 1. The highest BCUT2D eigenvalue weighted by Crippen LogP contribution is 2.23. The van der Waals surface area contributed by atoms with Crippen LogP contribution in [0.5, 0.6) is 0 Å². The molecule has 0 aromatic heterocycles. The van der Waals surface area contributed by atoms with Crippen LogP contribution < -0.4 is 10.0 Å². The molecule has 0 spiro atoms. The predicted molar refractivity (Wildman–Crippen MR) is 141 cm³/mol. The standard InChI is InChI=1S/C28H29N3O5S/c32-26(31-18-8-1-2-9-19-31)20-29-28(34)22-14-16-23(17-15-22)37(35,36)30-25-13-7-6-12-24(25)27(33)21-10-4-3-5-11-21/h3-7,10-17,30H,1-2,8-9,18-20H2,(H,29,34). The Bertz CT molecular complexity index is 1360. The van der Waals surface area contributed by atoms with Gasteiger partial charge in [-0.25, -0.2) is 8.42 Å². The third-order valence-corrected chi connectivity index (χ3v) is 7.62. The van der Waals surface area contributed by atoms with Gasteiger partial charge in [-0.3, -0.25) is 19.1 Å². The van der Waals surface area contributed by atoms with Gasteiger partial charge in [-0.05, 0) is 49.2 Å². The van der Waals surface area contributed by atoms with E-state index in [1.54, 1.807) is 53.4 Å². The lowest BCUT2D eigenvalue weighted by molar-refractivity contribution is -0.130. The van der Waals surface area contributed by atoms with Crippen molar-refractivity contribution in [2.45, 2.75) is 30.6 Å². The molecular formula is C28H29N3O5S. The topological polar surface area (TPSA) is 113 Å². The van der Waals surface area contributed by atoms with E-state index in [1.165, 1.54) is 30.3 Å². The predicted octanol–water partition coefficient (Wildman–Crippen LogP) is 3.85. The number of carbonyl (C=O) groups is 3. The van der Waals surface area contributed by atoms with Crippen LogP contribution in [-0.2, 0) is 14.8 Å². The van der Waals surface area contributed by atoms with Crippen molar-refractivity contribution in [1.82, 2.24) is 10.2 Å². The van der Waals surface area contributed by atoms with Crippen molar-refractivity contribution < 1.29 is 22.8 Å². The highest BCUT2D eigenvalue weighted by Gasteiger charge is 2.21. The molecule has 0 aliphatic carbocycles. The van der Waals surface area contributed by atoms with E-state index in [1.807, 2.05) is 0 Å². The van der Waals surface area contributed by atoms with Crippen LogP contribution in [0, 0.1) is 0 Å². The number of hydrogen-bond acceptors (Lipinski definition) is 5. The summed E-state index contributed by atoms with van der Waals surface area (Å²) in [6.07, 6.45) is 4.15. The molecule has 0 unspecified atom stereocenters. The number of nitrogens with one attached hydrogen (secondary N) is 2. The average molecular weight is 520 g/mol. The Balaban J connectivity index is 1.42. The second-order valence-corrected chi connectivity index (χ2v) is 10.5. The average Bonchev–Trinajstić information content (AvgIpc) is 3.22. The lowest BCUT2D eigenvalue weighted by atomic mass is 10.0. The fourth-order valence-corrected chi connectivity index (χ4v) is 5.27. The molecule has 2 N–H and O–H groups in total. The molecule has 4 rings (SSSR count). The van der Waals surface area contributed by atoms with Crippen LogP contribution in [0.4, 0.5) is 5.69 Å². The van der Waals surface area contributed by atoms with Crippen LogP contribution in [-0.4, -0.2) is 50.5 Å². The molecule has 192 valence electrons. The van der Waals surface area contributed by atoms with Crippen LogP contribution in [0.1, 0.15) is 52.0 Å². The molecule has 1 saturated heterocycles. The van der Waals surface area contributed by atoms with E-state index in [2.05, 4.69) is 10.0 Å². The minimum absolute atomic E-state index is 0.0633. The molecule has 1 aliphatic heterocycles. The number of para-hydroxylation sites is 1. The molecule has 37 heavy (non-hydrogen) atoms. The molecule has 3 aromatic carbocycles. The van der Waals surface area contributed by atoms with Crippen molar-refractivity contribution >= 4 is 33.3 Å². The summed E-state index contributed by atoms with van der Waals surface area (Å²) in [4.78, 5) is 39.6. The van der Waals surface area contributed by atoms with E-state index in [0.29, 0.717) is 18.7 Å². The Hall–Kier alpha value is -3.98. The van der Waals surface area contributed by atoms with Gasteiger partial charge >= 0.3 is 0 Å². The second-order valence-electron chi connectivity index (χ2n) is 8.85. The number of rotatable bonds is 8. The summed E-state index contributed by atoms with van der Waals surface area (Å²) >= 11 is 0. The van der Waals surface area contributed by atoms with Crippen molar-refractivity contribution in [3.8, 4) is 0 Å². The Morgan fingerprint density at radius 3 is 2.03 bits per heavy atom. The first-order chi connectivity index (χ1) is 17.8. The van der Waals surface area contributed by atoms with E-state index in [-0.39, 0.29) is 39.9 Å². The molecule has 9 heteroatoms. The number of amides is 2. The molecule has 0 bridgehead atoms. The van der Waals surface area contributed by atoms with E-state index >= 15 is 0 Å². The van der Waals surface area contributed by atoms with Crippen molar-refractivity contribution in [2.24, 2.45) is 0 Å². The summed E-state index contributed by atoms with van der Waals surface area (Å²) < 4.78 is 28.6. The number of hydrogen-bond donors (Lipinski definition) is 2. The Morgan fingerprint density at radius 1 is 0.730 bits per heavy atom. The number of anilines is 1. The minimum Gasteiger partial charge on any atom is -0.343 e. The molecule has 0 radical (unpaired) electrons. The lowest BCUT2D eigenvalue weighted by Gasteiger charge is -2.20. The van der Waals surface area contributed by atoms with Gasteiger partial charge in [-0.1, -0.05) is 55.3 Å². The summed E-state index contributed by atoms with van der Waals surface area (Å²) in [5.74, 6) is -0.887. The van der Waals surface area contributed by atoms with Gasteiger partial charge in [0.25, 0.3) is 15.9 Å². The number of likely N-dealkylation sites (tertiary alicyclic amines) is 1. The van der Waals surface area contributed by atoms with Crippen LogP contribution in [0.2, 0.25) is 0 Å².